The molecule has 0 fully saturated rings. The van der Waals surface area contributed by atoms with Gasteiger partial charge in [0.05, 0.1) is 12.8 Å². The molecule has 0 atom stereocenters. The zero-order valence-corrected chi connectivity index (χ0v) is 10.5. The maximum atomic E-state index is 12.0. The van der Waals surface area contributed by atoms with Gasteiger partial charge in [-0.1, -0.05) is 18.2 Å². The molecule has 0 aliphatic rings. The first kappa shape index (κ1) is 12.4. The largest absolute Gasteiger partial charge is 0.496 e. The number of benzene rings is 1. The Bertz CT molecular complexity index is 617. The molecule has 0 radical (unpaired) electrons. The van der Waals surface area contributed by atoms with E-state index in [2.05, 4.69) is 0 Å². The van der Waals surface area contributed by atoms with Gasteiger partial charge in [-0.2, -0.15) is 0 Å². The Morgan fingerprint density at radius 2 is 1.94 bits per heavy atom. The highest BCUT2D eigenvalue weighted by atomic mass is 16.5. The molecule has 2 N–H and O–H groups in total. The van der Waals surface area contributed by atoms with E-state index in [1.54, 1.807) is 24.8 Å². The first-order chi connectivity index (χ1) is 8.69. The highest BCUT2D eigenvalue weighted by molar-refractivity contribution is 5.67. The third kappa shape index (κ3) is 2.02. The van der Waals surface area contributed by atoms with Crippen LogP contribution >= 0.6 is 0 Å². The molecule has 4 heteroatoms. The smallest absolute Gasteiger partial charge is 0.255 e. The third-order valence-electron chi connectivity index (χ3n) is 2.99. The van der Waals surface area contributed by atoms with Gasteiger partial charge < -0.3 is 15.0 Å². The van der Waals surface area contributed by atoms with Gasteiger partial charge in [-0.3, -0.25) is 4.79 Å². The fourth-order valence-corrected chi connectivity index (χ4v) is 1.97. The molecule has 0 unspecified atom stereocenters. The van der Waals surface area contributed by atoms with Crippen LogP contribution < -0.4 is 16.0 Å². The fourth-order valence-electron chi connectivity index (χ4n) is 1.97. The van der Waals surface area contributed by atoms with Gasteiger partial charge >= 0.3 is 0 Å². The molecule has 1 aromatic heterocycles. The van der Waals surface area contributed by atoms with E-state index in [4.69, 9.17) is 10.5 Å². The summed E-state index contributed by atoms with van der Waals surface area (Å²) in [5.74, 6) is 0.744. The van der Waals surface area contributed by atoms with Crippen LogP contribution in [-0.2, 0) is 13.6 Å². The van der Waals surface area contributed by atoms with E-state index in [1.807, 2.05) is 30.3 Å². The average Bonchev–Trinajstić information content (AvgIpc) is 2.42. The zero-order valence-electron chi connectivity index (χ0n) is 10.5. The summed E-state index contributed by atoms with van der Waals surface area (Å²) in [4.78, 5) is 12.0. The van der Waals surface area contributed by atoms with Crippen molar-refractivity contribution < 1.29 is 4.74 Å². The van der Waals surface area contributed by atoms with Gasteiger partial charge in [-0.15, -0.1) is 0 Å². The molecule has 18 heavy (non-hydrogen) atoms. The van der Waals surface area contributed by atoms with Gasteiger partial charge in [0.2, 0.25) is 0 Å². The van der Waals surface area contributed by atoms with Crippen LogP contribution in [0.4, 0.5) is 0 Å². The highest BCUT2D eigenvalue weighted by Crippen LogP contribution is 2.28. The van der Waals surface area contributed by atoms with E-state index < -0.39 is 0 Å². The summed E-state index contributed by atoms with van der Waals surface area (Å²) >= 11 is 0. The standard InChI is InChI=1S/C14H16N2O2/c1-16-12(8-7-10(9-15)14(16)17)11-5-3-4-6-13(11)18-2/h3-8H,9,15H2,1-2H3. The topological polar surface area (TPSA) is 57.2 Å². The lowest BCUT2D eigenvalue weighted by molar-refractivity contribution is 0.416. The highest BCUT2D eigenvalue weighted by Gasteiger charge is 2.10. The Kier molecular flexibility index (Phi) is 3.48. The molecule has 0 aliphatic carbocycles. The second-order valence-electron chi connectivity index (χ2n) is 4.01. The summed E-state index contributed by atoms with van der Waals surface area (Å²) in [6.07, 6.45) is 0. The second-order valence-corrected chi connectivity index (χ2v) is 4.01. The van der Waals surface area contributed by atoms with Crippen molar-refractivity contribution >= 4 is 0 Å². The molecule has 0 amide bonds. The van der Waals surface area contributed by atoms with Gasteiger partial charge in [0.25, 0.3) is 5.56 Å². The van der Waals surface area contributed by atoms with Crippen molar-refractivity contribution in [2.24, 2.45) is 12.8 Å². The van der Waals surface area contributed by atoms with Crippen molar-refractivity contribution in [3.8, 4) is 17.0 Å². The van der Waals surface area contributed by atoms with Crippen LogP contribution in [0, 0.1) is 0 Å². The second kappa shape index (κ2) is 5.06. The molecule has 0 saturated heterocycles. The number of methoxy groups -OCH3 is 1. The number of pyridine rings is 1. The number of hydrogen-bond donors (Lipinski definition) is 1. The molecule has 0 bridgehead atoms. The molecule has 1 heterocycles. The van der Waals surface area contributed by atoms with Crippen molar-refractivity contribution in [1.82, 2.24) is 4.57 Å². The monoisotopic (exact) mass is 244 g/mol. The predicted molar refractivity (Wildman–Crippen MR) is 71.6 cm³/mol. The van der Waals surface area contributed by atoms with Crippen LogP contribution in [0.2, 0.25) is 0 Å². The van der Waals surface area contributed by atoms with Crippen molar-refractivity contribution in [3.63, 3.8) is 0 Å². The van der Waals surface area contributed by atoms with E-state index >= 15 is 0 Å². The van der Waals surface area contributed by atoms with E-state index in [0.717, 1.165) is 17.0 Å². The molecule has 0 aliphatic heterocycles. The van der Waals surface area contributed by atoms with Crippen LogP contribution in [0.1, 0.15) is 5.56 Å². The molecular weight excluding hydrogens is 228 g/mol. The first-order valence-corrected chi connectivity index (χ1v) is 5.71. The quantitative estimate of drug-likeness (QED) is 0.890. The van der Waals surface area contributed by atoms with Gasteiger partial charge in [-0.25, -0.2) is 0 Å². The Hall–Kier alpha value is -2.07. The van der Waals surface area contributed by atoms with Gasteiger partial charge in [0, 0.05) is 24.7 Å². The van der Waals surface area contributed by atoms with Gasteiger partial charge in [0.15, 0.2) is 0 Å². The maximum Gasteiger partial charge on any atom is 0.255 e. The molecule has 2 rings (SSSR count). The maximum absolute atomic E-state index is 12.0. The summed E-state index contributed by atoms with van der Waals surface area (Å²) in [5, 5.41) is 0. The minimum Gasteiger partial charge on any atom is -0.496 e. The van der Waals surface area contributed by atoms with E-state index in [0.29, 0.717) is 5.56 Å². The average molecular weight is 244 g/mol. The number of rotatable bonds is 3. The number of nitrogens with two attached hydrogens (primary N) is 1. The van der Waals surface area contributed by atoms with Crippen LogP contribution in [0.15, 0.2) is 41.2 Å². The number of ether oxygens (including phenoxy) is 1. The molecule has 0 saturated carbocycles. The Balaban J connectivity index is 2.65. The van der Waals surface area contributed by atoms with Gasteiger partial charge in [-0.05, 0) is 18.2 Å². The Morgan fingerprint density at radius 3 is 2.61 bits per heavy atom. The van der Waals surface area contributed by atoms with Crippen LogP contribution in [-0.4, -0.2) is 11.7 Å². The Morgan fingerprint density at radius 1 is 1.22 bits per heavy atom. The minimum absolute atomic E-state index is 0.0686. The summed E-state index contributed by atoms with van der Waals surface area (Å²) in [5.41, 5.74) is 7.77. The molecule has 0 spiro atoms. The molecule has 94 valence electrons. The number of para-hydroxylation sites is 1. The van der Waals surface area contributed by atoms with Gasteiger partial charge in [0.1, 0.15) is 5.75 Å². The number of aromatic nitrogens is 1. The summed E-state index contributed by atoms with van der Waals surface area (Å²) < 4.78 is 6.91. The van der Waals surface area contributed by atoms with Crippen molar-refractivity contribution in [3.05, 3.63) is 52.3 Å². The first-order valence-electron chi connectivity index (χ1n) is 5.71. The number of nitrogens with zero attached hydrogens (tertiary/aromatic N) is 1. The number of hydrogen-bond acceptors (Lipinski definition) is 3. The zero-order chi connectivity index (χ0) is 13.1. The lowest BCUT2D eigenvalue weighted by Gasteiger charge is -2.13. The molecule has 2 aromatic rings. The predicted octanol–water partition coefficient (Wildman–Crippen LogP) is 1.52. The molecular formula is C14H16N2O2. The van der Waals surface area contributed by atoms with Crippen LogP contribution in [0.5, 0.6) is 5.75 Å². The summed E-state index contributed by atoms with van der Waals surface area (Å²) in [6, 6.07) is 11.3. The lowest BCUT2D eigenvalue weighted by atomic mass is 10.1. The van der Waals surface area contributed by atoms with Crippen molar-refractivity contribution in [1.29, 1.82) is 0 Å². The van der Waals surface area contributed by atoms with E-state index in [-0.39, 0.29) is 12.1 Å². The van der Waals surface area contributed by atoms with Crippen LogP contribution in [0.3, 0.4) is 0 Å². The summed E-state index contributed by atoms with van der Waals surface area (Å²) in [7, 11) is 3.36. The van der Waals surface area contributed by atoms with E-state index in [1.165, 1.54) is 0 Å². The summed E-state index contributed by atoms with van der Waals surface area (Å²) in [6.45, 7) is 0.249. The lowest BCUT2D eigenvalue weighted by Crippen LogP contribution is -2.24. The normalized spacial score (nSPS) is 10.4. The Labute approximate surface area is 106 Å². The minimum atomic E-state index is -0.0686. The fraction of sp³-hybridized carbons (Fsp3) is 0.214. The van der Waals surface area contributed by atoms with Crippen LogP contribution in [0.25, 0.3) is 11.3 Å². The molecule has 1 aromatic carbocycles. The SMILES string of the molecule is COc1ccccc1-c1ccc(CN)c(=O)n1C. The third-order valence-corrected chi connectivity index (χ3v) is 2.99. The van der Waals surface area contributed by atoms with Crippen molar-refractivity contribution in [2.75, 3.05) is 7.11 Å². The van der Waals surface area contributed by atoms with Crippen molar-refractivity contribution in [2.45, 2.75) is 6.54 Å². The van der Waals surface area contributed by atoms with E-state index in [9.17, 15) is 4.79 Å². The molecule has 4 nitrogen and oxygen atoms in total.